The van der Waals surface area contributed by atoms with Gasteiger partial charge in [-0.3, -0.25) is 9.59 Å². The third-order valence-corrected chi connectivity index (χ3v) is 2.65. The monoisotopic (exact) mass is 263 g/mol. The summed E-state index contributed by atoms with van der Waals surface area (Å²) in [6, 6.07) is 0. The van der Waals surface area contributed by atoms with E-state index in [1.54, 1.807) is 0 Å². The third-order valence-electron chi connectivity index (χ3n) is 2.65. The van der Waals surface area contributed by atoms with E-state index in [0.29, 0.717) is 19.5 Å². The van der Waals surface area contributed by atoms with Gasteiger partial charge in [-0.2, -0.15) is 0 Å². The Balaban J connectivity index is 0.00000256. The van der Waals surface area contributed by atoms with E-state index in [0.717, 1.165) is 25.9 Å². The summed E-state index contributed by atoms with van der Waals surface area (Å²) in [6.45, 7) is 5.12. The average Bonchev–Trinajstić information content (AvgIpc) is 2.28. The number of hydrogen-bond donors (Lipinski definition) is 3. The van der Waals surface area contributed by atoms with Gasteiger partial charge in [0, 0.05) is 32.0 Å². The molecule has 1 aliphatic rings. The van der Waals surface area contributed by atoms with E-state index < -0.39 is 0 Å². The van der Waals surface area contributed by atoms with Gasteiger partial charge < -0.3 is 16.0 Å². The van der Waals surface area contributed by atoms with E-state index in [9.17, 15) is 9.59 Å². The Labute approximate surface area is 109 Å². The Morgan fingerprint density at radius 1 is 1.41 bits per heavy atom. The van der Waals surface area contributed by atoms with Gasteiger partial charge in [0.1, 0.15) is 0 Å². The molecule has 0 aromatic heterocycles. The van der Waals surface area contributed by atoms with Crippen molar-refractivity contribution < 1.29 is 9.59 Å². The second-order valence-electron chi connectivity index (χ2n) is 4.08. The van der Waals surface area contributed by atoms with E-state index in [1.165, 1.54) is 0 Å². The largest absolute Gasteiger partial charge is 0.356 e. The quantitative estimate of drug-likeness (QED) is 0.593. The van der Waals surface area contributed by atoms with Gasteiger partial charge in [0.05, 0.1) is 0 Å². The molecule has 6 heteroatoms. The predicted octanol–water partition coefficient (Wildman–Crippen LogP) is 0.0502. The Morgan fingerprint density at radius 3 is 2.82 bits per heavy atom. The number of carbonyl (C=O) groups excluding carboxylic acids is 2. The summed E-state index contributed by atoms with van der Waals surface area (Å²) in [5.41, 5.74) is 0. The minimum Gasteiger partial charge on any atom is -0.356 e. The van der Waals surface area contributed by atoms with Crippen molar-refractivity contribution in [2.45, 2.75) is 26.2 Å². The lowest BCUT2D eigenvalue weighted by atomic mass is 9.97. The number of halogens is 1. The highest BCUT2D eigenvalue weighted by Gasteiger charge is 2.24. The van der Waals surface area contributed by atoms with Gasteiger partial charge in [-0.05, 0) is 19.4 Å². The molecule has 1 heterocycles. The van der Waals surface area contributed by atoms with Crippen molar-refractivity contribution in [2.24, 2.45) is 5.92 Å². The molecule has 0 saturated carbocycles. The molecular formula is C11H22ClN3O2. The van der Waals surface area contributed by atoms with Crippen molar-refractivity contribution in [1.29, 1.82) is 0 Å². The number of piperidine rings is 1. The molecular weight excluding hydrogens is 242 g/mol. The highest BCUT2D eigenvalue weighted by atomic mass is 35.5. The molecule has 0 bridgehead atoms. The summed E-state index contributed by atoms with van der Waals surface area (Å²) in [4.78, 5) is 22.7. The van der Waals surface area contributed by atoms with E-state index >= 15 is 0 Å². The van der Waals surface area contributed by atoms with Crippen molar-refractivity contribution in [2.75, 3.05) is 26.2 Å². The number of amides is 2. The summed E-state index contributed by atoms with van der Waals surface area (Å²) >= 11 is 0. The fourth-order valence-electron chi connectivity index (χ4n) is 1.73. The fraction of sp³-hybridized carbons (Fsp3) is 0.818. The van der Waals surface area contributed by atoms with Crippen LogP contribution >= 0.6 is 12.4 Å². The topological polar surface area (TPSA) is 70.2 Å². The minimum absolute atomic E-state index is 0. The normalized spacial score (nSPS) is 19.1. The zero-order chi connectivity index (χ0) is 11.8. The summed E-state index contributed by atoms with van der Waals surface area (Å²) in [7, 11) is 0. The lowest BCUT2D eigenvalue weighted by Crippen LogP contribution is -2.42. The van der Waals surface area contributed by atoms with Crippen LogP contribution in [-0.2, 0) is 9.59 Å². The van der Waals surface area contributed by atoms with Crippen molar-refractivity contribution in [3.63, 3.8) is 0 Å². The summed E-state index contributed by atoms with van der Waals surface area (Å²) in [5.74, 6) is -0.149. The zero-order valence-corrected chi connectivity index (χ0v) is 11.1. The molecule has 0 radical (unpaired) electrons. The molecule has 1 unspecified atom stereocenters. The second kappa shape index (κ2) is 9.24. The van der Waals surface area contributed by atoms with E-state index in [1.807, 2.05) is 0 Å². The predicted molar refractivity (Wildman–Crippen MR) is 69.2 cm³/mol. The van der Waals surface area contributed by atoms with E-state index in [-0.39, 0.29) is 30.1 Å². The molecule has 1 fully saturated rings. The van der Waals surface area contributed by atoms with Gasteiger partial charge in [-0.25, -0.2) is 0 Å². The van der Waals surface area contributed by atoms with Crippen LogP contribution in [0.5, 0.6) is 0 Å². The molecule has 0 aliphatic carbocycles. The molecule has 0 aromatic carbocycles. The van der Waals surface area contributed by atoms with Crippen LogP contribution in [0.15, 0.2) is 0 Å². The summed E-state index contributed by atoms with van der Waals surface area (Å²) in [6.07, 6.45) is 2.17. The fourth-order valence-corrected chi connectivity index (χ4v) is 1.73. The first kappa shape index (κ1) is 16.2. The van der Waals surface area contributed by atoms with Gasteiger partial charge >= 0.3 is 0 Å². The first-order chi connectivity index (χ1) is 7.74. The molecule has 1 rings (SSSR count). The average molecular weight is 264 g/mol. The maximum atomic E-state index is 11.7. The van der Waals surface area contributed by atoms with Crippen LogP contribution < -0.4 is 16.0 Å². The number of nitrogens with one attached hydrogen (secondary N) is 3. The molecule has 1 aliphatic heterocycles. The van der Waals surface area contributed by atoms with Crippen LogP contribution in [0.3, 0.4) is 0 Å². The SMILES string of the molecule is CCCNCCNC(=O)C1CCNC(=O)C1.Cl. The third kappa shape index (κ3) is 6.48. The standard InChI is InChI=1S/C11H21N3O2.ClH/c1-2-4-12-6-7-14-11(16)9-3-5-13-10(15)8-9;/h9,12H,2-8H2,1H3,(H,13,15)(H,14,16);1H. The maximum absolute atomic E-state index is 11.7. The van der Waals surface area contributed by atoms with Crippen LogP contribution in [0.25, 0.3) is 0 Å². The van der Waals surface area contributed by atoms with Crippen LogP contribution in [0.1, 0.15) is 26.2 Å². The number of hydrogen-bond acceptors (Lipinski definition) is 3. The van der Waals surface area contributed by atoms with Gasteiger partial charge in [-0.1, -0.05) is 6.92 Å². The molecule has 0 spiro atoms. The zero-order valence-electron chi connectivity index (χ0n) is 10.3. The number of rotatable bonds is 6. The smallest absolute Gasteiger partial charge is 0.223 e. The molecule has 3 N–H and O–H groups in total. The Kier molecular flexibility index (Phi) is 8.80. The first-order valence-electron chi connectivity index (χ1n) is 5.99. The van der Waals surface area contributed by atoms with Crippen LogP contribution in [-0.4, -0.2) is 38.0 Å². The van der Waals surface area contributed by atoms with Crippen molar-refractivity contribution >= 4 is 24.2 Å². The summed E-state index contributed by atoms with van der Waals surface area (Å²) < 4.78 is 0. The lowest BCUT2D eigenvalue weighted by Gasteiger charge is -2.21. The molecule has 1 atom stereocenters. The van der Waals surface area contributed by atoms with Crippen molar-refractivity contribution in [3.8, 4) is 0 Å². The Bertz CT molecular complexity index is 249. The van der Waals surface area contributed by atoms with Gasteiger partial charge in [-0.15, -0.1) is 12.4 Å². The Morgan fingerprint density at radius 2 is 2.18 bits per heavy atom. The molecule has 17 heavy (non-hydrogen) atoms. The minimum atomic E-state index is -0.139. The van der Waals surface area contributed by atoms with Crippen LogP contribution in [0, 0.1) is 5.92 Å². The van der Waals surface area contributed by atoms with Crippen LogP contribution in [0.2, 0.25) is 0 Å². The van der Waals surface area contributed by atoms with Crippen molar-refractivity contribution in [3.05, 3.63) is 0 Å². The molecule has 0 aromatic rings. The van der Waals surface area contributed by atoms with E-state index in [4.69, 9.17) is 0 Å². The van der Waals surface area contributed by atoms with Gasteiger partial charge in [0.25, 0.3) is 0 Å². The summed E-state index contributed by atoms with van der Waals surface area (Å²) in [5, 5.41) is 8.78. The first-order valence-corrected chi connectivity index (χ1v) is 5.99. The maximum Gasteiger partial charge on any atom is 0.223 e. The highest BCUT2D eigenvalue weighted by molar-refractivity contribution is 5.86. The van der Waals surface area contributed by atoms with E-state index in [2.05, 4.69) is 22.9 Å². The molecule has 100 valence electrons. The highest BCUT2D eigenvalue weighted by Crippen LogP contribution is 2.11. The van der Waals surface area contributed by atoms with Crippen molar-refractivity contribution in [1.82, 2.24) is 16.0 Å². The lowest BCUT2D eigenvalue weighted by molar-refractivity contribution is -0.132. The van der Waals surface area contributed by atoms with Gasteiger partial charge in [0.15, 0.2) is 0 Å². The Hall–Kier alpha value is -0.810. The van der Waals surface area contributed by atoms with Crippen LogP contribution in [0.4, 0.5) is 0 Å². The molecule has 5 nitrogen and oxygen atoms in total. The second-order valence-corrected chi connectivity index (χ2v) is 4.08. The molecule has 1 saturated heterocycles. The molecule has 2 amide bonds. The number of carbonyl (C=O) groups is 2. The van der Waals surface area contributed by atoms with Gasteiger partial charge in [0.2, 0.25) is 11.8 Å².